The zero-order valence-electron chi connectivity index (χ0n) is 12.9. The van der Waals surface area contributed by atoms with Gasteiger partial charge >= 0.3 is 0 Å². The van der Waals surface area contributed by atoms with Crippen molar-refractivity contribution in [2.45, 2.75) is 0 Å². The summed E-state index contributed by atoms with van der Waals surface area (Å²) in [4.78, 5) is 13.4. The number of aromatic nitrogens is 3. The van der Waals surface area contributed by atoms with Gasteiger partial charge < -0.3 is 5.32 Å². The Morgan fingerprint density at radius 2 is 2.20 bits per heavy atom. The van der Waals surface area contributed by atoms with Crippen LogP contribution in [0.25, 0.3) is 11.2 Å². The second-order valence-electron chi connectivity index (χ2n) is 5.38. The molecule has 0 fully saturated rings. The predicted molar refractivity (Wildman–Crippen MR) is 94.5 cm³/mol. The van der Waals surface area contributed by atoms with E-state index in [1.807, 2.05) is 57.9 Å². The summed E-state index contributed by atoms with van der Waals surface area (Å²) in [6, 6.07) is 7.78. The maximum Gasteiger partial charge on any atom is 0.244 e. The van der Waals surface area contributed by atoms with Crippen molar-refractivity contribution in [3.63, 3.8) is 0 Å². The monoisotopic (exact) mass is 348 g/mol. The van der Waals surface area contributed by atoms with Gasteiger partial charge in [0.05, 0.1) is 34.5 Å². The molecule has 5 rings (SSSR count). The van der Waals surface area contributed by atoms with Crippen LogP contribution in [0.15, 0.2) is 77.3 Å². The third-order valence-corrected chi connectivity index (χ3v) is 4.48. The van der Waals surface area contributed by atoms with E-state index in [4.69, 9.17) is 0 Å². The third-order valence-electron chi connectivity index (χ3n) is 3.77. The molecule has 25 heavy (non-hydrogen) atoms. The highest BCUT2D eigenvalue weighted by Crippen LogP contribution is 2.24. The molecule has 0 atom stereocenters. The Hall–Kier alpha value is -3.46. The van der Waals surface area contributed by atoms with E-state index in [0.717, 1.165) is 28.0 Å². The highest BCUT2D eigenvalue weighted by atomic mass is 32.1. The Labute approximate surface area is 146 Å². The van der Waals surface area contributed by atoms with E-state index < -0.39 is 0 Å². The number of hydrazine groups is 1. The van der Waals surface area contributed by atoms with Gasteiger partial charge in [-0.15, -0.1) is 0 Å². The molecule has 122 valence electrons. The second-order valence-corrected chi connectivity index (χ2v) is 6.15. The van der Waals surface area contributed by atoms with Crippen molar-refractivity contribution < 1.29 is 0 Å². The molecule has 2 aliphatic heterocycles. The molecule has 0 bridgehead atoms. The van der Waals surface area contributed by atoms with Crippen molar-refractivity contribution in [1.29, 1.82) is 0 Å². The van der Waals surface area contributed by atoms with Crippen molar-refractivity contribution in [3.05, 3.63) is 78.2 Å². The Balaban J connectivity index is 1.57. The number of hydrogen-bond donors (Lipinski definition) is 2. The summed E-state index contributed by atoms with van der Waals surface area (Å²) < 4.78 is 6.13. The molecule has 9 heteroatoms. The van der Waals surface area contributed by atoms with E-state index in [9.17, 15) is 0 Å². The molecule has 0 saturated carbocycles. The minimum atomic E-state index is 0.525. The third kappa shape index (κ3) is 2.46. The molecule has 2 N–H and O–H groups in total. The summed E-state index contributed by atoms with van der Waals surface area (Å²) >= 11 is 1.39. The van der Waals surface area contributed by atoms with Crippen LogP contribution in [0.3, 0.4) is 0 Å². The van der Waals surface area contributed by atoms with Crippen LogP contribution in [-0.4, -0.2) is 24.1 Å². The fraction of sp³-hybridized carbons (Fsp3) is 0. The SMILES string of the molecule is C1=CN2NC(N=c3ccn4sncc4c3)=NC2=C(c2cccnc2)N1. The summed E-state index contributed by atoms with van der Waals surface area (Å²) in [7, 11) is 0. The van der Waals surface area contributed by atoms with Crippen LogP contribution in [0.4, 0.5) is 0 Å². The van der Waals surface area contributed by atoms with E-state index in [1.165, 1.54) is 11.7 Å². The summed E-state index contributed by atoms with van der Waals surface area (Å²) in [5.41, 5.74) is 6.01. The zero-order chi connectivity index (χ0) is 16.6. The summed E-state index contributed by atoms with van der Waals surface area (Å²) in [5.74, 6) is 1.28. The average Bonchev–Trinajstić information content (AvgIpc) is 3.27. The first-order valence-corrected chi connectivity index (χ1v) is 8.31. The van der Waals surface area contributed by atoms with Crippen LogP contribution in [-0.2, 0) is 0 Å². The molecular formula is C16H12N8S. The van der Waals surface area contributed by atoms with Gasteiger partial charge in [-0.05, 0) is 24.3 Å². The van der Waals surface area contributed by atoms with Gasteiger partial charge in [-0.2, -0.15) is 9.37 Å². The van der Waals surface area contributed by atoms with Gasteiger partial charge in [-0.25, -0.2) is 10.0 Å². The van der Waals surface area contributed by atoms with Gasteiger partial charge in [0, 0.05) is 36.6 Å². The molecule has 0 saturated heterocycles. The maximum absolute atomic E-state index is 4.61. The predicted octanol–water partition coefficient (Wildman–Crippen LogP) is 1.27. The molecular weight excluding hydrogens is 336 g/mol. The molecule has 2 aliphatic rings. The molecule has 0 aliphatic carbocycles. The standard InChI is InChI=1S/C16H12N8S/c1-2-11(9-17-4-1)14-15-21-16(22-23(15)7-5-18-14)20-12-3-6-24-13(8-12)10-19-25-24/h1-10,18H,(H,21,22). The summed E-state index contributed by atoms with van der Waals surface area (Å²) in [5, 5.41) is 5.87. The number of aliphatic imine (C=N–C) groups is 1. The number of pyridine rings is 2. The lowest BCUT2D eigenvalue weighted by Gasteiger charge is -2.21. The molecule has 3 aromatic rings. The van der Waals surface area contributed by atoms with Crippen molar-refractivity contribution in [2.24, 2.45) is 9.98 Å². The Morgan fingerprint density at radius 3 is 3.12 bits per heavy atom. The van der Waals surface area contributed by atoms with E-state index in [2.05, 4.69) is 30.1 Å². The van der Waals surface area contributed by atoms with Crippen molar-refractivity contribution >= 4 is 28.9 Å². The number of rotatable bonds is 1. The van der Waals surface area contributed by atoms with Gasteiger partial charge in [0.15, 0.2) is 5.82 Å². The van der Waals surface area contributed by atoms with Gasteiger partial charge in [0.2, 0.25) is 5.96 Å². The van der Waals surface area contributed by atoms with E-state index in [-0.39, 0.29) is 0 Å². The number of hydrogen-bond acceptors (Lipinski definition) is 8. The molecule has 0 radical (unpaired) electrons. The van der Waals surface area contributed by atoms with Gasteiger partial charge in [0.25, 0.3) is 0 Å². The van der Waals surface area contributed by atoms with Gasteiger partial charge in [-0.3, -0.25) is 14.2 Å². The zero-order valence-corrected chi connectivity index (χ0v) is 13.7. The highest BCUT2D eigenvalue weighted by molar-refractivity contribution is 7.00. The molecule has 0 spiro atoms. The average molecular weight is 348 g/mol. The number of fused-ring (bicyclic) bond motifs is 2. The van der Waals surface area contributed by atoms with Crippen LogP contribution in [0.1, 0.15) is 5.56 Å². The van der Waals surface area contributed by atoms with Gasteiger partial charge in [0.1, 0.15) is 0 Å². The number of guanidine groups is 1. The first-order chi connectivity index (χ1) is 12.4. The quantitative estimate of drug-likeness (QED) is 0.692. The Morgan fingerprint density at radius 1 is 1.20 bits per heavy atom. The number of nitrogens with zero attached hydrogens (tertiary/aromatic N) is 6. The lowest BCUT2D eigenvalue weighted by Crippen LogP contribution is -2.34. The molecule has 8 nitrogen and oxygen atoms in total. The Kier molecular flexibility index (Phi) is 3.10. The normalized spacial score (nSPS) is 16.7. The van der Waals surface area contributed by atoms with Crippen LogP contribution < -0.4 is 16.1 Å². The smallest absolute Gasteiger partial charge is 0.244 e. The van der Waals surface area contributed by atoms with E-state index in [1.54, 1.807) is 12.4 Å². The largest absolute Gasteiger partial charge is 0.357 e. The molecule has 0 aromatic carbocycles. The molecule has 0 unspecified atom stereocenters. The van der Waals surface area contributed by atoms with E-state index >= 15 is 0 Å². The summed E-state index contributed by atoms with van der Waals surface area (Å²) in [6.07, 6.45) is 11.0. The molecule has 3 aromatic heterocycles. The van der Waals surface area contributed by atoms with Crippen LogP contribution in [0.5, 0.6) is 0 Å². The second kappa shape index (κ2) is 5.56. The van der Waals surface area contributed by atoms with E-state index in [0.29, 0.717) is 5.96 Å². The first kappa shape index (κ1) is 13.9. The highest BCUT2D eigenvalue weighted by Gasteiger charge is 2.24. The van der Waals surface area contributed by atoms with Gasteiger partial charge in [-0.1, -0.05) is 0 Å². The lowest BCUT2D eigenvalue weighted by molar-refractivity contribution is 0.432. The fourth-order valence-electron chi connectivity index (χ4n) is 2.64. The minimum absolute atomic E-state index is 0.525. The lowest BCUT2D eigenvalue weighted by atomic mass is 10.2. The maximum atomic E-state index is 4.61. The van der Waals surface area contributed by atoms with Crippen molar-refractivity contribution in [2.75, 3.05) is 0 Å². The minimum Gasteiger partial charge on any atom is -0.357 e. The topological polar surface area (TPSA) is 82.2 Å². The van der Waals surface area contributed by atoms with Crippen molar-refractivity contribution in [3.8, 4) is 0 Å². The molecule has 5 heterocycles. The summed E-state index contributed by atoms with van der Waals surface area (Å²) in [6.45, 7) is 0. The number of nitrogens with one attached hydrogen (secondary N) is 2. The Bertz CT molecular complexity index is 1110. The molecule has 0 amide bonds. The van der Waals surface area contributed by atoms with Crippen molar-refractivity contribution in [1.82, 2.24) is 28.9 Å². The van der Waals surface area contributed by atoms with Crippen LogP contribution >= 0.6 is 11.7 Å². The first-order valence-electron chi connectivity index (χ1n) is 7.58. The van der Waals surface area contributed by atoms with Crippen LogP contribution in [0, 0.1) is 0 Å². The van der Waals surface area contributed by atoms with Crippen LogP contribution in [0.2, 0.25) is 0 Å². The fourth-order valence-corrected chi connectivity index (χ4v) is 3.21.